The summed E-state index contributed by atoms with van der Waals surface area (Å²) in [4.78, 5) is 13.7. The summed E-state index contributed by atoms with van der Waals surface area (Å²) in [6.07, 6.45) is 2.05. The number of methoxy groups -OCH3 is 1. The van der Waals surface area contributed by atoms with E-state index in [1.54, 1.807) is 18.9 Å². The molecule has 1 amide bonds. The molecular formula is C22H29ClN2O2S. The Hall–Kier alpha value is -1.53. The first-order chi connectivity index (χ1) is 13.2. The van der Waals surface area contributed by atoms with E-state index in [0.717, 1.165) is 31.7 Å². The molecule has 4 nitrogen and oxygen atoms in total. The third-order valence-electron chi connectivity index (χ3n) is 5.10. The molecule has 0 aliphatic carbocycles. The lowest BCUT2D eigenvalue weighted by Gasteiger charge is -2.37. The van der Waals surface area contributed by atoms with Crippen LogP contribution in [0.25, 0.3) is 0 Å². The number of hydrogen-bond acceptors (Lipinski definition) is 4. The second kappa shape index (κ2) is 11.5. The fourth-order valence-corrected chi connectivity index (χ4v) is 4.30. The Bertz CT molecular complexity index is 714. The van der Waals surface area contributed by atoms with Gasteiger partial charge < -0.3 is 15.4 Å². The first-order valence-electron chi connectivity index (χ1n) is 9.45. The van der Waals surface area contributed by atoms with Gasteiger partial charge >= 0.3 is 0 Å². The summed E-state index contributed by atoms with van der Waals surface area (Å²) >= 11 is 1.78. The molecule has 2 aromatic carbocycles. The molecule has 0 aromatic heterocycles. The molecule has 152 valence electrons. The van der Waals surface area contributed by atoms with Crippen LogP contribution in [0.15, 0.2) is 59.5 Å². The molecule has 2 aromatic rings. The van der Waals surface area contributed by atoms with Gasteiger partial charge in [-0.3, -0.25) is 4.79 Å². The molecule has 1 aliphatic heterocycles. The molecule has 1 fully saturated rings. The van der Waals surface area contributed by atoms with Gasteiger partial charge in [0.15, 0.2) is 0 Å². The molecular weight excluding hydrogens is 392 g/mol. The number of nitrogens with one attached hydrogen (secondary N) is 2. The van der Waals surface area contributed by atoms with Crippen LogP contribution in [-0.4, -0.2) is 39.3 Å². The number of thioether (sulfide) groups is 1. The van der Waals surface area contributed by atoms with Crippen LogP contribution in [0.2, 0.25) is 0 Å². The number of hydrogen-bond donors (Lipinski definition) is 2. The van der Waals surface area contributed by atoms with Gasteiger partial charge in [-0.1, -0.05) is 30.3 Å². The summed E-state index contributed by atoms with van der Waals surface area (Å²) in [5.74, 6) is 0.920. The van der Waals surface area contributed by atoms with Crippen LogP contribution >= 0.6 is 24.2 Å². The van der Waals surface area contributed by atoms with Crippen molar-refractivity contribution in [1.82, 2.24) is 10.6 Å². The van der Waals surface area contributed by atoms with Gasteiger partial charge in [-0.15, -0.1) is 24.2 Å². The third kappa shape index (κ3) is 6.52. The maximum Gasteiger partial charge on any atom is 0.251 e. The third-order valence-corrected chi connectivity index (χ3v) is 6.19. The molecule has 3 rings (SSSR count). The van der Waals surface area contributed by atoms with Crippen LogP contribution in [0.1, 0.15) is 28.8 Å². The van der Waals surface area contributed by atoms with Gasteiger partial charge in [0.25, 0.3) is 5.91 Å². The van der Waals surface area contributed by atoms with Crippen molar-refractivity contribution in [2.75, 3.05) is 33.4 Å². The lowest BCUT2D eigenvalue weighted by molar-refractivity contribution is 0.0511. The quantitative estimate of drug-likeness (QED) is 0.630. The van der Waals surface area contributed by atoms with E-state index in [4.69, 9.17) is 4.74 Å². The van der Waals surface area contributed by atoms with Crippen molar-refractivity contribution in [2.45, 2.75) is 23.5 Å². The van der Waals surface area contributed by atoms with E-state index in [9.17, 15) is 4.79 Å². The zero-order chi connectivity index (χ0) is 19.0. The first-order valence-corrected chi connectivity index (χ1v) is 10.4. The number of carbonyl (C=O) groups excluding carboxylic acids is 1. The van der Waals surface area contributed by atoms with Crippen molar-refractivity contribution in [2.24, 2.45) is 5.41 Å². The second-order valence-electron chi connectivity index (χ2n) is 7.16. The van der Waals surface area contributed by atoms with Gasteiger partial charge in [0.2, 0.25) is 0 Å². The highest BCUT2D eigenvalue weighted by atomic mass is 35.5. The lowest BCUT2D eigenvalue weighted by atomic mass is 9.79. The number of rotatable bonds is 8. The van der Waals surface area contributed by atoms with Crippen LogP contribution in [-0.2, 0) is 10.5 Å². The highest BCUT2D eigenvalue weighted by molar-refractivity contribution is 7.98. The summed E-state index contributed by atoms with van der Waals surface area (Å²) in [6.45, 7) is 3.30. The number of halogens is 1. The van der Waals surface area contributed by atoms with E-state index in [0.29, 0.717) is 18.7 Å². The minimum atomic E-state index is -0.0105. The number of ether oxygens (including phenoxy) is 1. The van der Waals surface area contributed by atoms with E-state index < -0.39 is 0 Å². The highest BCUT2D eigenvalue weighted by Crippen LogP contribution is 2.28. The van der Waals surface area contributed by atoms with Crippen molar-refractivity contribution >= 4 is 30.1 Å². The smallest absolute Gasteiger partial charge is 0.251 e. The molecule has 6 heteroatoms. The highest BCUT2D eigenvalue weighted by Gasteiger charge is 2.32. The Balaban J connectivity index is 0.00000280. The molecule has 1 saturated heterocycles. The largest absolute Gasteiger partial charge is 0.384 e. The molecule has 0 unspecified atom stereocenters. The summed E-state index contributed by atoms with van der Waals surface area (Å²) in [7, 11) is 1.73. The topological polar surface area (TPSA) is 50.4 Å². The van der Waals surface area contributed by atoms with E-state index in [2.05, 4.69) is 34.9 Å². The van der Waals surface area contributed by atoms with Gasteiger partial charge in [0.05, 0.1) is 6.61 Å². The summed E-state index contributed by atoms with van der Waals surface area (Å²) in [5, 5.41) is 6.49. The molecule has 2 N–H and O–H groups in total. The molecule has 1 heterocycles. The van der Waals surface area contributed by atoms with Crippen LogP contribution < -0.4 is 10.6 Å². The standard InChI is InChI=1S/C22H28N2O2S.ClH/c1-26-17-22(11-13-23-14-12-22)16-24-21(25)19-7-9-20(10-8-19)27-15-18-5-3-2-4-6-18;/h2-10,23H,11-17H2,1H3,(H,24,25);1H. The molecule has 28 heavy (non-hydrogen) atoms. The van der Waals surface area contributed by atoms with Crippen LogP contribution in [0, 0.1) is 5.41 Å². The fraction of sp³-hybridized carbons (Fsp3) is 0.409. The minimum Gasteiger partial charge on any atom is -0.384 e. The average Bonchev–Trinajstić information content (AvgIpc) is 2.73. The maximum absolute atomic E-state index is 12.6. The summed E-state index contributed by atoms with van der Waals surface area (Å²) < 4.78 is 5.42. The van der Waals surface area contributed by atoms with E-state index >= 15 is 0 Å². The summed E-state index contributed by atoms with van der Waals surface area (Å²) in [5.41, 5.74) is 2.05. The van der Waals surface area contributed by atoms with Crippen molar-refractivity contribution in [3.05, 3.63) is 65.7 Å². The molecule has 1 aliphatic rings. The monoisotopic (exact) mass is 420 g/mol. The molecule has 0 radical (unpaired) electrons. The van der Waals surface area contributed by atoms with Crippen molar-refractivity contribution in [1.29, 1.82) is 0 Å². The maximum atomic E-state index is 12.6. The minimum absolute atomic E-state index is 0. The van der Waals surface area contributed by atoms with Crippen LogP contribution in [0.3, 0.4) is 0 Å². The van der Waals surface area contributed by atoms with Crippen LogP contribution in [0.5, 0.6) is 0 Å². The van der Waals surface area contributed by atoms with Gasteiger partial charge in [0, 0.05) is 35.3 Å². The van der Waals surface area contributed by atoms with Crippen LogP contribution in [0.4, 0.5) is 0 Å². The summed E-state index contributed by atoms with van der Waals surface area (Å²) in [6, 6.07) is 18.3. The molecule has 0 atom stereocenters. The SMILES string of the molecule is COCC1(CNC(=O)c2ccc(SCc3ccccc3)cc2)CCNCC1.Cl. The van der Waals surface area contributed by atoms with E-state index in [1.807, 2.05) is 30.3 Å². The van der Waals surface area contributed by atoms with Gasteiger partial charge in [-0.25, -0.2) is 0 Å². The predicted octanol–water partition coefficient (Wildman–Crippen LogP) is 4.15. The number of benzene rings is 2. The van der Waals surface area contributed by atoms with Crippen molar-refractivity contribution in [3.8, 4) is 0 Å². The average molecular weight is 421 g/mol. The Kier molecular flexibility index (Phi) is 9.32. The number of carbonyl (C=O) groups is 1. The molecule has 0 spiro atoms. The second-order valence-corrected chi connectivity index (χ2v) is 8.21. The fourth-order valence-electron chi connectivity index (χ4n) is 3.45. The zero-order valence-corrected chi connectivity index (χ0v) is 17.9. The Morgan fingerprint density at radius 3 is 2.43 bits per heavy atom. The molecule has 0 bridgehead atoms. The van der Waals surface area contributed by atoms with Gasteiger partial charge in [-0.2, -0.15) is 0 Å². The molecule has 0 saturated carbocycles. The zero-order valence-electron chi connectivity index (χ0n) is 16.3. The Morgan fingerprint density at radius 1 is 1.11 bits per heavy atom. The number of amides is 1. The Morgan fingerprint density at radius 2 is 1.79 bits per heavy atom. The predicted molar refractivity (Wildman–Crippen MR) is 118 cm³/mol. The van der Waals surface area contributed by atoms with Crippen molar-refractivity contribution < 1.29 is 9.53 Å². The lowest BCUT2D eigenvalue weighted by Crippen LogP contribution is -2.47. The Labute approximate surface area is 178 Å². The van der Waals surface area contributed by atoms with E-state index in [-0.39, 0.29) is 23.7 Å². The van der Waals surface area contributed by atoms with E-state index in [1.165, 1.54) is 10.5 Å². The normalized spacial score (nSPS) is 15.5. The first kappa shape index (κ1) is 22.8. The van der Waals surface area contributed by atoms with Crippen molar-refractivity contribution in [3.63, 3.8) is 0 Å². The number of piperidine rings is 1. The van der Waals surface area contributed by atoms with Gasteiger partial charge in [-0.05, 0) is 55.8 Å². The van der Waals surface area contributed by atoms with Gasteiger partial charge in [0.1, 0.15) is 0 Å².